The predicted octanol–water partition coefficient (Wildman–Crippen LogP) is 6.28. The van der Waals surface area contributed by atoms with Crippen LogP contribution in [0.5, 0.6) is 0 Å². The number of carbonyl (C=O) groups excluding carboxylic acids is 1. The van der Waals surface area contributed by atoms with Crippen molar-refractivity contribution in [1.29, 1.82) is 0 Å². The zero-order valence-corrected chi connectivity index (χ0v) is 22.3. The average molecular weight is 511 g/mol. The Morgan fingerprint density at radius 1 is 0.865 bits per heavy atom. The van der Waals surface area contributed by atoms with Crippen LogP contribution in [0, 0.1) is 20.8 Å². The molecule has 5 nitrogen and oxygen atoms in total. The van der Waals surface area contributed by atoms with Gasteiger partial charge in [0, 0.05) is 60.0 Å². The molecule has 6 heteroatoms. The summed E-state index contributed by atoms with van der Waals surface area (Å²) < 4.78 is 0. The number of nitrogens with zero attached hydrogens (tertiary/aromatic N) is 4. The van der Waals surface area contributed by atoms with E-state index in [-0.39, 0.29) is 5.91 Å². The molecule has 188 valence electrons. The van der Waals surface area contributed by atoms with Gasteiger partial charge in [-0.15, -0.1) is 0 Å². The molecule has 0 N–H and O–H groups in total. The molecule has 0 aliphatic carbocycles. The minimum absolute atomic E-state index is 0.0377. The van der Waals surface area contributed by atoms with Gasteiger partial charge in [0.2, 0.25) is 0 Å². The molecule has 0 bridgehead atoms. The maximum atomic E-state index is 13.1. The summed E-state index contributed by atoms with van der Waals surface area (Å²) in [4.78, 5) is 27.3. The lowest BCUT2D eigenvalue weighted by molar-refractivity contribution is 0.0746. The standard InChI is InChI=1S/C31H31ClN4O/c1-21-9-10-22(2)26(19-21)20-28-23(3)33-29(24-7-5-4-6-8-24)34-30(28)35-15-17-36(18-16-35)31(37)25-11-13-27(32)14-12-25/h4-14,19H,15-18,20H2,1-3H3. The lowest BCUT2D eigenvalue weighted by Gasteiger charge is -2.36. The van der Waals surface area contributed by atoms with Gasteiger partial charge in [-0.05, 0) is 56.2 Å². The first kappa shape index (κ1) is 25.0. The van der Waals surface area contributed by atoms with E-state index < -0.39 is 0 Å². The number of benzene rings is 3. The smallest absolute Gasteiger partial charge is 0.253 e. The molecule has 0 radical (unpaired) electrons. The summed E-state index contributed by atoms with van der Waals surface area (Å²) in [5.41, 5.74) is 7.60. The maximum Gasteiger partial charge on any atom is 0.253 e. The topological polar surface area (TPSA) is 49.3 Å². The largest absolute Gasteiger partial charge is 0.353 e. The summed E-state index contributed by atoms with van der Waals surface area (Å²) in [6, 6.07) is 23.8. The van der Waals surface area contributed by atoms with Crippen LogP contribution in [0.15, 0.2) is 72.8 Å². The van der Waals surface area contributed by atoms with E-state index in [0.29, 0.717) is 36.8 Å². The number of anilines is 1. The predicted molar refractivity (Wildman–Crippen MR) is 150 cm³/mol. The number of hydrogen-bond donors (Lipinski definition) is 0. The molecule has 4 aromatic rings. The molecule has 1 saturated heterocycles. The van der Waals surface area contributed by atoms with Crippen molar-refractivity contribution in [2.45, 2.75) is 27.2 Å². The number of halogens is 1. The second kappa shape index (κ2) is 10.7. The van der Waals surface area contributed by atoms with Gasteiger partial charge in [-0.2, -0.15) is 0 Å². The third-order valence-corrected chi connectivity index (χ3v) is 7.31. The van der Waals surface area contributed by atoms with E-state index >= 15 is 0 Å². The molecule has 0 spiro atoms. The van der Waals surface area contributed by atoms with Crippen LogP contribution in [0.3, 0.4) is 0 Å². The van der Waals surface area contributed by atoms with Gasteiger partial charge in [-0.25, -0.2) is 9.97 Å². The lowest BCUT2D eigenvalue weighted by Crippen LogP contribution is -2.49. The van der Waals surface area contributed by atoms with E-state index in [1.54, 1.807) is 24.3 Å². The minimum atomic E-state index is 0.0377. The van der Waals surface area contributed by atoms with E-state index in [1.165, 1.54) is 16.7 Å². The highest BCUT2D eigenvalue weighted by atomic mass is 35.5. The van der Waals surface area contributed by atoms with E-state index in [2.05, 4.69) is 43.9 Å². The molecule has 0 unspecified atom stereocenters. The Hall–Kier alpha value is -3.70. The van der Waals surface area contributed by atoms with Crippen LogP contribution in [0.4, 0.5) is 5.82 Å². The van der Waals surface area contributed by atoms with Gasteiger partial charge < -0.3 is 9.80 Å². The van der Waals surface area contributed by atoms with Crippen LogP contribution < -0.4 is 4.90 Å². The van der Waals surface area contributed by atoms with Crippen molar-refractivity contribution in [2.24, 2.45) is 0 Å². The normalized spacial score (nSPS) is 13.6. The first-order valence-corrected chi connectivity index (χ1v) is 13.1. The number of aromatic nitrogens is 2. The molecule has 2 heterocycles. The number of piperazine rings is 1. The first-order valence-electron chi connectivity index (χ1n) is 12.7. The Morgan fingerprint density at radius 3 is 2.27 bits per heavy atom. The van der Waals surface area contributed by atoms with Crippen molar-refractivity contribution in [3.63, 3.8) is 0 Å². The SMILES string of the molecule is Cc1ccc(C)c(Cc2c(C)nc(-c3ccccc3)nc2N2CCN(C(=O)c3ccc(Cl)cc3)CC2)c1. The quantitative estimate of drug-likeness (QED) is 0.317. The van der Waals surface area contributed by atoms with Crippen LogP contribution in [0.25, 0.3) is 11.4 Å². The molecule has 1 fully saturated rings. The van der Waals surface area contributed by atoms with Crippen molar-refractivity contribution in [2.75, 3.05) is 31.1 Å². The summed E-state index contributed by atoms with van der Waals surface area (Å²) >= 11 is 6.01. The number of aryl methyl sites for hydroxylation is 3. The Labute approximate surface area is 223 Å². The maximum absolute atomic E-state index is 13.1. The van der Waals surface area contributed by atoms with Crippen molar-refractivity contribution >= 4 is 23.3 Å². The molecule has 1 aliphatic rings. The van der Waals surface area contributed by atoms with Gasteiger partial charge in [-0.1, -0.05) is 65.7 Å². The Balaban J connectivity index is 1.46. The fourth-order valence-corrected chi connectivity index (χ4v) is 4.97. The van der Waals surface area contributed by atoms with Crippen LogP contribution in [0.1, 0.15) is 38.3 Å². The molecule has 3 aromatic carbocycles. The average Bonchev–Trinajstić information content (AvgIpc) is 2.92. The zero-order chi connectivity index (χ0) is 25.9. The van der Waals surface area contributed by atoms with E-state index in [1.807, 2.05) is 35.2 Å². The molecule has 0 atom stereocenters. The third kappa shape index (κ3) is 5.52. The van der Waals surface area contributed by atoms with E-state index in [0.717, 1.165) is 34.9 Å². The van der Waals surface area contributed by atoms with Gasteiger partial charge in [0.1, 0.15) is 5.82 Å². The van der Waals surface area contributed by atoms with Gasteiger partial charge in [0.05, 0.1) is 0 Å². The zero-order valence-electron chi connectivity index (χ0n) is 21.5. The highest BCUT2D eigenvalue weighted by Gasteiger charge is 2.26. The minimum Gasteiger partial charge on any atom is -0.353 e. The van der Waals surface area contributed by atoms with Gasteiger partial charge in [0.25, 0.3) is 5.91 Å². The fraction of sp³-hybridized carbons (Fsp3) is 0.258. The van der Waals surface area contributed by atoms with Crippen molar-refractivity contribution in [3.05, 3.63) is 111 Å². The molecule has 1 aliphatic heterocycles. The number of rotatable bonds is 5. The number of hydrogen-bond acceptors (Lipinski definition) is 4. The van der Waals surface area contributed by atoms with Crippen LogP contribution in [-0.2, 0) is 6.42 Å². The fourth-order valence-electron chi connectivity index (χ4n) is 4.84. The lowest BCUT2D eigenvalue weighted by atomic mass is 9.97. The summed E-state index contributed by atoms with van der Waals surface area (Å²) in [7, 11) is 0. The van der Waals surface area contributed by atoms with Crippen LogP contribution in [-0.4, -0.2) is 47.0 Å². The van der Waals surface area contributed by atoms with Gasteiger partial charge in [-0.3, -0.25) is 4.79 Å². The highest BCUT2D eigenvalue weighted by molar-refractivity contribution is 6.30. The molecule has 37 heavy (non-hydrogen) atoms. The second-order valence-corrected chi connectivity index (χ2v) is 10.1. The van der Waals surface area contributed by atoms with Gasteiger partial charge >= 0.3 is 0 Å². The van der Waals surface area contributed by atoms with Crippen molar-refractivity contribution < 1.29 is 4.79 Å². The summed E-state index contributed by atoms with van der Waals surface area (Å²) in [5, 5.41) is 0.631. The van der Waals surface area contributed by atoms with Crippen molar-refractivity contribution in [3.8, 4) is 11.4 Å². The monoisotopic (exact) mass is 510 g/mol. The number of amides is 1. The van der Waals surface area contributed by atoms with E-state index in [9.17, 15) is 4.79 Å². The number of carbonyl (C=O) groups is 1. The second-order valence-electron chi connectivity index (χ2n) is 9.69. The highest BCUT2D eigenvalue weighted by Crippen LogP contribution is 2.29. The molecular formula is C31H31ClN4O. The van der Waals surface area contributed by atoms with Crippen LogP contribution >= 0.6 is 11.6 Å². The van der Waals surface area contributed by atoms with Crippen molar-refractivity contribution in [1.82, 2.24) is 14.9 Å². The van der Waals surface area contributed by atoms with E-state index in [4.69, 9.17) is 21.6 Å². The molecule has 0 saturated carbocycles. The first-order chi connectivity index (χ1) is 17.9. The van der Waals surface area contributed by atoms with Gasteiger partial charge in [0.15, 0.2) is 5.82 Å². The summed E-state index contributed by atoms with van der Waals surface area (Å²) in [5.74, 6) is 1.74. The Bertz CT molecular complexity index is 1410. The summed E-state index contributed by atoms with van der Waals surface area (Å²) in [6.45, 7) is 9.06. The molecule has 5 rings (SSSR count). The molecule has 1 aromatic heterocycles. The molecule has 1 amide bonds. The Kier molecular flexibility index (Phi) is 7.24. The Morgan fingerprint density at radius 2 is 1.57 bits per heavy atom. The third-order valence-electron chi connectivity index (χ3n) is 7.05. The molecular weight excluding hydrogens is 480 g/mol. The van der Waals surface area contributed by atoms with Crippen LogP contribution in [0.2, 0.25) is 5.02 Å². The summed E-state index contributed by atoms with van der Waals surface area (Å²) in [6.07, 6.45) is 0.771.